The zero-order chi connectivity index (χ0) is 28.3. The minimum absolute atomic E-state index is 0.0732. The van der Waals surface area contributed by atoms with Crippen molar-refractivity contribution in [1.29, 1.82) is 0 Å². The van der Waals surface area contributed by atoms with Gasteiger partial charge in [0.2, 0.25) is 5.95 Å². The monoisotopic (exact) mass is 565 g/mol. The minimum atomic E-state index is -0.745. The molecule has 3 fully saturated rings. The lowest BCUT2D eigenvalue weighted by Gasteiger charge is -2.34. The molecule has 1 aliphatic carbocycles. The molecule has 2 N–H and O–H groups in total. The predicted molar refractivity (Wildman–Crippen MR) is 159 cm³/mol. The van der Waals surface area contributed by atoms with E-state index in [0.29, 0.717) is 28.3 Å². The van der Waals surface area contributed by atoms with Crippen LogP contribution in [0.15, 0.2) is 29.2 Å². The molecule has 0 radical (unpaired) electrons. The van der Waals surface area contributed by atoms with Gasteiger partial charge in [0.25, 0.3) is 5.56 Å². The molecule has 1 saturated carbocycles. The van der Waals surface area contributed by atoms with E-state index in [-0.39, 0.29) is 23.4 Å². The fourth-order valence-electron chi connectivity index (χ4n) is 6.83. The molecular formula is C31H41F2N7O. The zero-order valence-electron chi connectivity index (χ0n) is 24.0. The largest absolute Gasteiger partial charge is 0.369 e. The number of benzene rings is 1. The SMILES string of the molecule is Cc1c(F)c(=O)n(C2CCCC2)c2nc(Nc3ccc(N4CCC(CCCN5CCNCC5)CC4)c(F)c3)ncc12. The molecule has 220 valence electrons. The van der Waals surface area contributed by atoms with Crippen LogP contribution >= 0.6 is 0 Å². The van der Waals surface area contributed by atoms with E-state index in [2.05, 4.69) is 30.4 Å². The molecule has 4 heterocycles. The Morgan fingerprint density at radius 1 is 1.05 bits per heavy atom. The van der Waals surface area contributed by atoms with E-state index < -0.39 is 11.4 Å². The van der Waals surface area contributed by atoms with Crippen molar-refractivity contribution in [3.05, 3.63) is 51.9 Å². The van der Waals surface area contributed by atoms with Crippen LogP contribution in [0.4, 0.5) is 26.1 Å². The molecule has 10 heteroatoms. The van der Waals surface area contributed by atoms with E-state index >= 15 is 4.39 Å². The van der Waals surface area contributed by atoms with Crippen LogP contribution in [-0.2, 0) is 0 Å². The van der Waals surface area contributed by atoms with Crippen molar-refractivity contribution < 1.29 is 8.78 Å². The Labute approximate surface area is 240 Å². The summed E-state index contributed by atoms with van der Waals surface area (Å²) in [5.41, 5.74) is 1.19. The molecule has 3 aliphatic rings. The number of halogens is 2. The molecule has 1 aromatic carbocycles. The summed E-state index contributed by atoms with van der Waals surface area (Å²) in [7, 11) is 0. The van der Waals surface area contributed by atoms with Gasteiger partial charge in [0.15, 0.2) is 5.82 Å². The highest BCUT2D eigenvalue weighted by Crippen LogP contribution is 2.33. The maximum absolute atomic E-state index is 15.3. The maximum atomic E-state index is 15.3. The van der Waals surface area contributed by atoms with Gasteiger partial charge in [-0.2, -0.15) is 4.98 Å². The third-order valence-corrected chi connectivity index (χ3v) is 9.28. The molecule has 0 unspecified atom stereocenters. The van der Waals surface area contributed by atoms with Crippen molar-refractivity contribution in [3.8, 4) is 0 Å². The Hall–Kier alpha value is -3.11. The van der Waals surface area contributed by atoms with Gasteiger partial charge in [-0.1, -0.05) is 12.8 Å². The van der Waals surface area contributed by atoms with Gasteiger partial charge in [-0.25, -0.2) is 13.8 Å². The molecule has 0 atom stereocenters. The van der Waals surface area contributed by atoms with E-state index in [9.17, 15) is 9.18 Å². The van der Waals surface area contributed by atoms with Crippen LogP contribution in [-0.4, -0.2) is 65.2 Å². The van der Waals surface area contributed by atoms with Crippen molar-refractivity contribution in [3.63, 3.8) is 0 Å². The van der Waals surface area contributed by atoms with Crippen molar-refractivity contribution in [1.82, 2.24) is 24.8 Å². The van der Waals surface area contributed by atoms with Crippen molar-refractivity contribution in [2.45, 2.75) is 64.3 Å². The average Bonchev–Trinajstić information content (AvgIpc) is 3.52. The molecule has 41 heavy (non-hydrogen) atoms. The standard InChI is InChI=1S/C31H41F2N7O/c1-21-25-20-35-31(37-29(25)40(30(41)28(21)33)24-6-2-3-7-24)36-23-8-9-27(26(32)19-23)39-15-10-22(11-16-39)5-4-14-38-17-12-34-13-18-38/h8-9,19-20,22,24,34H,2-7,10-18H2,1H3,(H,35,36,37). The maximum Gasteiger partial charge on any atom is 0.288 e. The molecule has 3 aromatic rings. The van der Waals surface area contributed by atoms with Gasteiger partial charge in [0, 0.05) is 68.1 Å². The molecule has 2 aromatic heterocycles. The summed E-state index contributed by atoms with van der Waals surface area (Å²) in [6.45, 7) is 8.98. The molecule has 0 amide bonds. The Kier molecular flexibility index (Phi) is 8.48. The molecule has 2 aliphatic heterocycles. The van der Waals surface area contributed by atoms with Crippen molar-refractivity contribution in [2.24, 2.45) is 5.92 Å². The van der Waals surface area contributed by atoms with Gasteiger partial charge >= 0.3 is 0 Å². The highest BCUT2D eigenvalue weighted by atomic mass is 19.1. The average molecular weight is 566 g/mol. The number of rotatable bonds is 8. The quantitative estimate of drug-likeness (QED) is 0.392. The molecule has 6 rings (SSSR count). The van der Waals surface area contributed by atoms with Gasteiger partial charge in [-0.3, -0.25) is 9.36 Å². The number of pyridine rings is 1. The van der Waals surface area contributed by atoms with Gasteiger partial charge in [-0.15, -0.1) is 0 Å². The van der Waals surface area contributed by atoms with E-state index in [1.807, 2.05) is 12.1 Å². The molecule has 0 spiro atoms. The Balaban J connectivity index is 1.10. The topological polar surface area (TPSA) is 78.3 Å². The second-order valence-electron chi connectivity index (χ2n) is 11.9. The fourth-order valence-corrected chi connectivity index (χ4v) is 6.83. The Bertz CT molecular complexity index is 1420. The lowest BCUT2D eigenvalue weighted by atomic mass is 9.91. The Morgan fingerprint density at radius 2 is 1.80 bits per heavy atom. The number of piperidine rings is 1. The summed E-state index contributed by atoms with van der Waals surface area (Å²) in [5, 5.41) is 7.03. The van der Waals surface area contributed by atoms with Crippen LogP contribution in [0.3, 0.4) is 0 Å². The summed E-state index contributed by atoms with van der Waals surface area (Å²) in [4.78, 5) is 26.6. The number of aryl methyl sites for hydroxylation is 1. The van der Waals surface area contributed by atoms with Crippen LogP contribution < -0.4 is 21.1 Å². The van der Waals surface area contributed by atoms with Crippen LogP contribution in [0.25, 0.3) is 11.0 Å². The van der Waals surface area contributed by atoms with Crippen LogP contribution in [0, 0.1) is 24.5 Å². The second-order valence-corrected chi connectivity index (χ2v) is 11.9. The summed E-state index contributed by atoms with van der Waals surface area (Å²) in [6, 6.07) is 5.06. The van der Waals surface area contributed by atoms with Crippen LogP contribution in [0.2, 0.25) is 0 Å². The lowest BCUT2D eigenvalue weighted by molar-refractivity contribution is 0.227. The first-order valence-electron chi connectivity index (χ1n) is 15.3. The normalized spacial score (nSPS) is 19.3. The third kappa shape index (κ3) is 6.09. The van der Waals surface area contributed by atoms with E-state index in [1.54, 1.807) is 13.1 Å². The number of aromatic nitrogens is 3. The summed E-state index contributed by atoms with van der Waals surface area (Å²) in [6.07, 6.45) is 9.87. The van der Waals surface area contributed by atoms with Crippen molar-refractivity contribution in [2.75, 3.05) is 56.0 Å². The molecule has 2 saturated heterocycles. The zero-order valence-corrected chi connectivity index (χ0v) is 24.0. The number of nitrogens with zero attached hydrogens (tertiary/aromatic N) is 5. The number of anilines is 3. The smallest absolute Gasteiger partial charge is 0.288 e. The number of piperazine rings is 1. The fraction of sp³-hybridized carbons (Fsp3) is 0.581. The number of hydrogen-bond donors (Lipinski definition) is 2. The van der Waals surface area contributed by atoms with Gasteiger partial charge in [-0.05, 0) is 76.1 Å². The molecule has 0 bridgehead atoms. The van der Waals surface area contributed by atoms with Gasteiger partial charge in [0.05, 0.1) is 5.69 Å². The first-order chi connectivity index (χ1) is 20.0. The predicted octanol–water partition coefficient (Wildman–Crippen LogP) is 5.14. The van der Waals surface area contributed by atoms with Crippen molar-refractivity contribution >= 4 is 28.4 Å². The summed E-state index contributed by atoms with van der Waals surface area (Å²) < 4.78 is 31.5. The van der Waals surface area contributed by atoms with Gasteiger partial charge < -0.3 is 20.4 Å². The Morgan fingerprint density at radius 3 is 2.54 bits per heavy atom. The van der Waals surface area contributed by atoms with Crippen LogP contribution in [0.5, 0.6) is 0 Å². The van der Waals surface area contributed by atoms with E-state index in [1.165, 1.54) is 30.0 Å². The first-order valence-corrected chi connectivity index (χ1v) is 15.3. The molecule has 8 nitrogen and oxygen atoms in total. The number of hydrogen-bond acceptors (Lipinski definition) is 7. The molecular weight excluding hydrogens is 524 g/mol. The number of nitrogens with one attached hydrogen (secondary N) is 2. The highest BCUT2D eigenvalue weighted by molar-refractivity contribution is 5.79. The number of fused-ring (bicyclic) bond motifs is 1. The highest BCUT2D eigenvalue weighted by Gasteiger charge is 2.25. The van der Waals surface area contributed by atoms with Gasteiger partial charge in [0.1, 0.15) is 11.5 Å². The third-order valence-electron chi connectivity index (χ3n) is 9.28. The minimum Gasteiger partial charge on any atom is -0.369 e. The first kappa shape index (κ1) is 28.0. The summed E-state index contributed by atoms with van der Waals surface area (Å²) >= 11 is 0. The summed E-state index contributed by atoms with van der Waals surface area (Å²) in [5.74, 6) is -0.0650. The van der Waals surface area contributed by atoms with E-state index in [0.717, 1.165) is 77.8 Å². The van der Waals surface area contributed by atoms with E-state index in [4.69, 9.17) is 0 Å². The second kappa shape index (κ2) is 12.4. The lowest BCUT2D eigenvalue weighted by Crippen LogP contribution is -2.43. The van der Waals surface area contributed by atoms with Crippen LogP contribution in [0.1, 0.15) is 63.0 Å².